The van der Waals surface area contributed by atoms with E-state index in [1.54, 1.807) is 0 Å². The smallest absolute Gasteiger partial charge is 0.314 e. The summed E-state index contributed by atoms with van der Waals surface area (Å²) in [4.78, 5) is 0. The maximum absolute atomic E-state index is 5.05. The van der Waals surface area contributed by atoms with E-state index in [1.807, 2.05) is 37.3 Å². The van der Waals surface area contributed by atoms with Gasteiger partial charge in [0.25, 0.3) is 0 Å². The number of aryl methyl sites for hydroxylation is 1. The molecule has 0 aliphatic carbocycles. The lowest BCUT2D eigenvalue weighted by Crippen LogP contribution is -1.78. The zero-order valence-electron chi connectivity index (χ0n) is 8.10. The van der Waals surface area contributed by atoms with Gasteiger partial charge in [-0.1, -0.05) is 40.6 Å². The average Bonchev–Trinajstić information content (AvgIpc) is 2.84. The van der Waals surface area contributed by atoms with Crippen LogP contribution in [0.5, 0.6) is 0 Å². The Morgan fingerprint density at radius 3 is 2.53 bits per heavy atom. The van der Waals surface area contributed by atoms with E-state index in [9.17, 15) is 0 Å². The molecule has 0 N–H and O–H groups in total. The first-order chi connectivity index (χ1) is 7.36. The van der Waals surface area contributed by atoms with E-state index in [-0.39, 0.29) is 0 Å². The summed E-state index contributed by atoms with van der Waals surface area (Å²) in [5.74, 6) is 0.381. The third-order valence-corrected chi connectivity index (χ3v) is 2.34. The molecule has 0 amide bonds. The summed E-state index contributed by atoms with van der Waals surface area (Å²) in [5, 5.41) is 8.66. The zero-order chi connectivity index (χ0) is 10.3. The Kier molecular flexibility index (Phi) is 1.62. The number of aromatic nitrogens is 2. The lowest BCUT2D eigenvalue weighted by Gasteiger charge is -1.93. The number of hydrogen-bond donors (Lipinski definition) is 0. The van der Waals surface area contributed by atoms with Gasteiger partial charge in [0.2, 0.25) is 0 Å². The molecule has 1 aromatic carbocycles. The molecule has 4 heteroatoms. The Morgan fingerprint density at radius 2 is 1.73 bits per heavy atom. The second-order valence-corrected chi connectivity index (χ2v) is 3.33. The lowest BCUT2D eigenvalue weighted by molar-refractivity contribution is 0.339. The van der Waals surface area contributed by atoms with Gasteiger partial charge in [-0.3, -0.25) is 0 Å². The van der Waals surface area contributed by atoms with Crippen LogP contribution in [0.4, 0.5) is 0 Å². The Morgan fingerprint density at radius 1 is 1.00 bits per heavy atom. The Hall–Kier alpha value is -2.10. The maximum atomic E-state index is 5.05. The molecule has 0 unspecified atom stereocenters. The van der Waals surface area contributed by atoms with Gasteiger partial charge >= 0.3 is 5.78 Å². The molecule has 0 spiro atoms. The van der Waals surface area contributed by atoms with Crippen LogP contribution >= 0.6 is 0 Å². The van der Waals surface area contributed by atoms with Gasteiger partial charge in [0.05, 0.1) is 5.69 Å². The fraction of sp³-hybridized carbons (Fsp3) is 0.0909. The van der Waals surface area contributed by atoms with E-state index in [0.717, 1.165) is 22.3 Å². The molecular weight excluding hydrogens is 192 g/mol. The molecule has 0 saturated carbocycles. The molecule has 0 aliphatic heterocycles. The van der Waals surface area contributed by atoms with Crippen LogP contribution in [0.2, 0.25) is 0 Å². The van der Waals surface area contributed by atoms with Crippen molar-refractivity contribution in [2.45, 2.75) is 6.92 Å². The first-order valence-electron chi connectivity index (χ1n) is 4.63. The molecule has 3 rings (SSSR count). The predicted molar refractivity (Wildman–Crippen MR) is 54.2 cm³/mol. The standard InChI is InChI=1S/C11H8N2O2/c1-7-9-10(8-5-3-2-4-6-8)13-15-11(9)14-12-7/h2-6H,1H3. The normalized spacial score (nSPS) is 11.0. The van der Waals surface area contributed by atoms with E-state index >= 15 is 0 Å². The van der Waals surface area contributed by atoms with Crippen molar-refractivity contribution >= 4 is 11.2 Å². The van der Waals surface area contributed by atoms with Gasteiger partial charge < -0.3 is 9.05 Å². The predicted octanol–water partition coefficient (Wildman–Crippen LogP) is 2.79. The van der Waals surface area contributed by atoms with Gasteiger partial charge in [-0.2, -0.15) is 0 Å². The summed E-state index contributed by atoms with van der Waals surface area (Å²) in [6.45, 7) is 1.87. The summed E-state index contributed by atoms with van der Waals surface area (Å²) in [7, 11) is 0. The largest absolute Gasteiger partial charge is 0.349 e. The molecule has 0 saturated heterocycles. The highest BCUT2D eigenvalue weighted by atomic mass is 16.6. The van der Waals surface area contributed by atoms with E-state index in [4.69, 9.17) is 9.05 Å². The first-order valence-corrected chi connectivity index (χ1v) is 4.63. The number of fused-ring (bicyclic) bond motifs is 1. The number of rotatable bonds is 1. The van der Waals surface area contributed by atoms with Crippen LogP contribution in [0.1, 0.15) is 5.69 Å². The van der Waals surface area contributed by atoms with Crippen LogP contribution in [0.25, 0.3) is 22.4 Å². The molecule has 0 aliphatic rings. The highest BCUT2D eigenvalue weighted by molar-refractivity contribution is 5.90. The van der Waals surface area contributed by atoms with Crippen LogP contribution in [-0.2, 0) is 0 Å². The van der Waals surface area contributed by atoms with Crippen molar-refractivity contribution in [1.29, 1.82) is 0 Å². The number of hydrogen-bond acceptors (Lipinski definition) is 4. The summed E-state index contributed by atoms with van der Waals surface area (Å²) in [6, 6.07) is 9.83. The molecule has 0 atom stereocenters. The zero-order valence-corrected chi connectivity index (χ0v) is 8.10. The fourth-order valence-corrected chi connectivity index (χ4v) is 1.61. The van der Waals surface area contributed by atoms with E-state index in [1.165, 1.54) is 0 Å². The van der Waals surface area contributed by atoms with Gasteiger partial charge in [0.15, 0.2) is 0 Å². The van der Waals surface area contributed by atoms with Crippen molar-refractivity contribution in [3.05, 3.63) is 36.0 Å². The molecule has 0 fully saturated rings. The highest BCUT2D eigenvalue weighted by Gasteiger charge is 2.16. The highest BCUT2D eigenvalue weighted by Crippen LogP contribution is 2.29. The molecule has 0 radical (unpaired) electrons. The minimum atomic E-state index is 0.381. The second-order valence-electron chi connectivity index (χ2n) is 3.33. The SMILES string of the molecule is Cc1noc2onc(-c3ccccc3)c12. The van der Waals surface area contributed by atoms with Crippen molar-refractivity contribution in [3.63, 3.8) is 0 Å². The Balaban J connectivity index is 2.31. The van der Waals surface area contributed by atoms with Gasteiger partial charge in [-0.05, 0) is 6.92 Å². The molecule has 2 heterocycles. The molecule has 15 heavy (non-hydrogen) atoms. The molecule has 2 aromatic heterocycles. The van der Waals surface area contributed by atoms with Crippen molar-refractivity contribution < 1.29 is 9.05 Å². The average molecular weight is 200 g/mol. The molecule has 4 nitrogen and oxygen atoms in total. The first kappa shape index (κ1) is 8.23. The third kappa shape index (κ3) is 1.15. The monoisotopic (exact) mass is 200 g/mol. The maximum Gasteiger partial charge on any atom is 0.349 e. The topological polar surface area (TPSA) is 52.1 Å². The van der Waals surface area contributed by atoms with Crippen molar-refractivity contribution in [3.8, 4) is 11.3 Å². The van der Waals surface area contributed by atoms with Crippen molar-refractivity contribution in [2.24, 2.45) is 0 Å². The second kappa shape index (κ2) is 2.95. The Bertz CT molecular complexity index is 595. The minimum Gasteiger partial charge on any atom is -0.314 e. The minimum absolute atomic E-state index is 0.381. The van der Waals surface area contributed by atoms with E-state index in [0.29, 0.717) is 5.78 Å². The van der Waals surface area contributed by atoms with Crippen molar-refractivity contribution in [1.82, 2.24) is 10.3 Å². The van der Waals surface area contributed by atoms with Crippen LogP contribution in [0.15, 0.2) is 39.4 Å². The van der Waals surface area contributed by atoms with Gasteiger partial charge in [0, 0.05) is 5.56 Å². The quantitative estimate of drug-likeness (QED) is 0.606. The molecule has 74 valence electrons. The lowest BCUT2D eigenvalue weighted by atomic mass is 10.1. The molecular formula is C11H8N2O2. The van der Waals surface area contributed by atoms with Crippen LogP contribution in [0.3, 0.4) is 0 Å². The number of nitrogens with zero attached hydrogens (tertiary/aromatic N) is 2. The summed E-state index contributed by atoms with van der Waals surface area (Å²) in [5.41, 5.74) is 2.58. The van der Waals surface area contributed by atoms with E-state index in [2.05, 4.69) is 10.3 Å². The fourth-order valence-electron chi connectivity index (χ4n) is 1.61. The van der Waals surface area contributed by atoms with Crippen LogP contribution < -0.4 is 0 Å². The summed E-state index contributed by atoms with van der Waals surface area (Å²) < 4.78 is 10.0. The van der Waals surface area contributed by atoms with Crippen molar-refractivity contribution in [2.75, 3.05) is 0 Å². The summed E-state index contributed by atoms with van der Waals surface area (Å²) in [6.07, 6.45) is 0. The third-order valence-electron chi connectivity index (χ3n) is 2.34. The molecule has 0 bridgehead atoms. The van der Waals surface area contributed by atoms with Gasteiger partial charge in [0.1, 0.15) is 11.1 Å². The van der Waals surface area contributed by atoms with E-state index < -0.39 is 0 Å². The summed E-state index contributed by atoms with van der Waals surface area (Å²) >= 11 is 0. The van der Waals surface area contributed by atoms with Gasteiger partial charge in [-0.25, -0.2) is 0 Å². The number of benzene rings is 1. The Labute approximate surface area is 85.5 Å². The van der Waals surface area contributed by atoms with Gasteiger partial charge in [-0.15, -0.1) is 0 Å². The van der Waals surface area contributed by atoms with Crippen LogP contribution in [0, 0.1) is 6.92 Å². The van der Waals surface area contributed by atoms with Crippen LogP contribution in [-0.4, -0.2) is 10.3 Å². The molecule has 3 aromatic rings.